The highest BCUT2D eigenvalue weighted by molar-refractivity contribution is 5.79. The molecule has 28 heavy (non-hydrogen) atoms. The lowest BCUT2D eigenvalue weighted by Crippen LogP contribution is -2.40. The van der Waals surface area contributed by atoms with Crippen molar-refractivity contribution in [1.82, 2.24) is 15.1 Å². The molecule has 4 rings (SSSR count). The summed E-state index contributed by atoms with van der Waals surface area (Å²) in [5.41, 5.74) is 1.81. The summed E-state index contributed by atoms with van der Waals surface area (Å²) < 4.78 is 11.3. The zero-order valence-corrected chi connectivity index (χ0v) is 15.9. The van der Waals surface area contributed by atoms with Gasteiger partial charge in [-0.1, -0.05) is 42.5 Å². The number of ether oxygens (including phenoxy) is 1. The second kappa shape index (κ2) is 8.25. The molecular weight excluding hydrogens is 354 g/mol. The second-order valence-corrected chi connectivity index (χ2v) is 6.99. The number of carbonyl (C=O) groups is 1. The summed E-state index contributed by atoms with van der Waals surface area (Å²) in [7, 11) is 1.62. The van der Waals surface area contributed by atoms with Crippen LogP contribution in [0.1, 0.15) is 30.2 Å². The summed E-state index contributed by atoms with van der Waals surface area (Å²) in [5, 5.41) is 8.47. The molecule has 0 N–H and O–H groups in total. The number of rotatable bonds is 5. The molecule has 2 aromatic carbocycles. The Balaban J connectivity index is 1.46. The number of methoxy groups -OCH3 is 1. The molecule has 0 aliphatic carbocycles. The van der Waals surface area contributed by atoms with Crippen molar-refractivity contribution in [3.05, 3.63) is 66.1 Å². The van der Waals surface area contributed by atoms with Crippen LogP contribution in [0.2, 0.25) is 0 Å². The third-order valence-electron chi connectivity index (χ3n) is 5.10. The molecular formula is C22H23N3O3. The van der Waals surface area contributed by atoms with Gasteiger partial charge >= 0.3 is 0 Å². The van der Waals surface area contributed by atoms with Gasteiger partial charge in [0.1, 0.15) is 5.75 Å². The summed E-state index contributed by atoms with van der Waals surface area (Å²) in [6, 6.07) is 17.4. The van der Waals surface area contributed by atoms with Crippen LogP contribution in [0.3, 0.4) is 0 Å². The number of carbonyl (C=O) groups excluding carboxylic acids is 1. The molecule has 1 saturated heterocycles. The van der Waals surface area contributed by atoms with Gasteiger partial charge in [0.15, 0.2) is 0 Å². The molecule has 0 radical (unpaired) electrons. The predicted octanol–water partition coefficient (Wildman–Crippen LogP) is 3.69. The van der Waals surface area contributed by atoms with Crippen LogP contribution >= 0.6 is 0 Å². The van der Waals surface area contributed by atoms with Crippen molar-refractivity contribution in [3.8, 4) is 17.2 Å². The maximum absolute atomic E-state index is 12.7. The van der Waals surface area contributed by atoms with E-state index in [-0.39, 0.29) is 11.8 Å². The molecule has 1 fully saturated rings. The molecule has 3 aromatic rings. The standard InChI is InChI=1S/C22H23N3O3/c1-27-19-12-6-5-11-18(19)22-24-23-21(28-22)17-10-7-13-25(15-17)20(26)14-16-8-3-2-4-9-16/h2-6,8-9,11-12,17H,7,10,13-15H2,1H3/t17-/m0/s1. The first kappa shape index (κ1) is 18.2. The van der Waals surface area contributed by atoms with E-state index >= 15 is 0 Å². The normalized spacial score (nSPS) is 16.8. The molecule has 1 aliphatic rings. The van der Waals surface area contributed by atoms with Crippen molar-refractivity contribution in [2.75, 3.05) is 20.2 Å². The fourth-order valence-electron chi connectivity index (χ4n) is 3.62. The maximum atomic E-state index is 12.7. The Morgan fingerprint density at radius 3 is 2.75 bits per heavy atom. The monoisotopic (exact) mass is 377 g/mol. The van der Waals surface area contributed by atoms with Gasteiger partial charge in [0, 0.05) is 13.1 Å². The lowest BCUT2D eigenvalue weighted by Gasteiger charge is -2.31. The van der Waals surface area contributed by atoms with Crippen LogP contribution in [0.5, 0.6) is 5.75 Å². The Bertz CT molecular complexity index is 939. The van der Waals surface area contributed by atoms with Gasteiger partial charge in [0.05, 0.1) is 25.0 Å². The van der Waals surface area contributed by atoms with Crippen LogP contribution < -0.4 is 4.74 Å². The Morgan fingerprint density at radius 1 is 1.14 bits per heavy atom. The highest BCUT2D eigenvalue weighted by Crippen LogP contribution is 2.32. The number of hydrogen-bond donors (Lipinski definition) is 0. The number of likely N-dealkylation sites (tertiary alicyclic amines) is 1. The SMILES string of the molecule is COc1ccccc1-c1nnc([C@H]2CCCN(C(=O)Cc3ccccc3)C2)o1. The molecule has 2 heterocycles. The number of nitrogens with zero attached hydrogens (tertiary/aromatic N) is 3. The van der Waals surface area contributed by atoms with Gasteiger partial charge in [-0.3, -0.25) is 4.79 Å². The molecule has 0 bridgehead atoms. The van der Waals surface area contributed by atoms with E-state index in [1.807, 2.05) is 59.5 Å². The molecule has 1 aliphatic heterocycles. The van der Waals surface area contributed by atoms with Crippen LogP contribution in [-0.4, -0.2) is 41.2 Å². The Hall–Kier alpha value is -3.15. The Labute approximate surface area is 164 Å². The average molecular weight is 377 g/mol. The molecule has 0 unspecified atom stereocenters. The molecule has 144 valence electrons. The molecule has 0 spiro atoms. The first-order valence-electron chi connectivity index (χ1n) is 9.53. The molecule has 1 aromatic heterocycles. The van der Waals surface area contributed by atoms with E-state index in [1.54, 1.807) is 7.11 Å². The third-order valence-corrected chi connectivity index (χ3v) is 5.10. The number of piperidine rings is 1. The van der Waals surface area contributed by atoms with Gasteiger partial charge in [-0.25, -0.2) is 0 Å². The fourth-order valence-corrected chi connectivity index (χ4v) is 3.62. The predicted molar refractivity (Wildman–Crippen MR) is 105 cm³/mol. The highest BCUT2D eigenvalue weighted by atomic mass is 16.5. The summed E-state index contributed by atoms with van der Waals surface area (Å²) in [5.74, 6) is 1.92. The molecule has 6 nitrogen and oxygen atoms in total. The number of aromatic nitrogens is 2. The largest absolute Gasteiger partial charge is 0.496 e. The second-order valence-electron chi connectivity index (χ2n) is 6.99. The topological polar surface area (TPSA) is 68.5 Å². The minimum atomic E-state index is 0.0597. The summed E-state index contributed by atoms with van der Waals surface area (Å²) in [4.78, 5) is 14.6. The minimum Gasteiger partial charge on any atom is -0.496 e. The zero-order valence-electron chi connectivity index (χ0n) is 15.9. The van der Waals surface area contributed by atoms with E-state index in [9.17, 15) is 4.79 Å². The number of para-hydroxylation sites is 1. The lowest BCUT2D eigenvalue weighted by molar-refractivity contribution is -0.131. The van der Waals surface area contributed by atoms with Gasteiger partial charge < -0.3 is 14.1 Å². The first-order valence-corrected chi connectivity index (χ1v) is 9.53. The molecule has 1 amide bonds. The molecule has 0 saturated carbocycles. The van der Waals surface area contributed by atoms with E-state index in [2.05, 4.69) is 10.2 Å². The Morgan fingerprint density at radius 2 is 1.93 bits per heavy atom. The van der Waals surface area contributed by atoms with Crippen LogP contribution in [0, 0.1) is 0 Å². The maximum Gasteiger partial charge on any atom is 0.251 e. The fraction of sp³-hybridized carbons (Fsp3) is 0.318. The van der Waals surface area contributed by atoms with Gasteiger partial charge in [0.25, 0.3) is 5.89 Å². The quantitative estimate of drug-likeness (QED) is 0.678. The van der Waals surface area contributed by atoms with E-state index in [0.29, 0.717) is 30.5 Å². The van der Waals surface area contributed by atoms with Crippen molar-refractivity contribution >= 4 is 5.91 Å². The van der Waals surface area contributed by atoms with Gasteiger partial charge in [-0.15, -0.1) is 10.2 Å². The van der Waals surface area contributed by atoms with E-state index in [4.69, 9.17) is 9.15 Å². The number of benzene rings is 2. The van der Waals surface area contributed by atoms with Crippen LogP contribution in [0.15, 0.2) is 59.0 Å². The van der Waals surface area contributed by atoms with Crippen molar-refractivity contribution < 1.29 is 13.9 Å². The van der Waals surface area contributed by atoms with Gasteiger partial charge in [0.2, 0.25) is 11.8 Å². The smallest absolute Gasteiger partial charge is 0.251 e. The van der Waals surface area contributed by atoms with Crippen molar-refractivity contribution in [3.63, 3.8) is 0 Å². The lowest BCUT2D eigenvalue weighted by atomic mass is 9.97. The first-order chi connectivity index (χ1) is 13.7. The molecule has 1 atom stereocenters. The zero-order chi connectivity index (χ0) is 19.3. The van der Waals surface area contributed by atoms with Crippen LogP contribution in [0.25, 0.3) is 11.5 Å². The van der Waals surface area contributed by atoms with E-state index in [0.717, 1.165) is 30.5 Å². The number of amides is 1. The van der Waals surface area contributed by atoms with Crippen molar-refractivity contribution in [1.29, 1.82) is 0 Å². The minimum absolute atomic E-state index is 0.0597. The van der Waals surface area contributed by atoms with E-state index in [1.165, 1.54) is 0 Å². The van der Waals surface area contributed by atoms with Crippen molar-refractivity contribution in [2.24, 2.45) is 0 Å². The van der Waals surface area contributed by atoms with Crippen molar-refractivity contribution in [2.45, 2.75) is 25.2 Å². The summed E-state index contributed by atoms with van der Waals surface area (Å²) in [6.07, 6.45) is 2.28. The summed E-state index contributed by atoms with van der Waals surface area (Å²) in [6.45, 7) is 1.38. The highest BCUT2D eigenvalue weighted by Gasteiger charge is 2.28. The summed E-state index contributed by atoms with van der Waals surface area (Å²) >= 11 is 0. The number of hydrogen-bond acceptors (Lipinski definition) is 5. The average Bonchev–Trinajstić information content (AvgIpc) is 3.25. The molecule has 6 heteroatoms. The van der Waals surface area contributed by atoms with Gasteiger partial charge in [-0.05, 0) is 30.5 Å². The third kappa shape index (κ3) is 3.91. The van der Waals surface area contributed by atoms with Gasteiger partial charge in [-0.2, -0.15) is 0 Å². The van der Waals surface area contributed by atoms with E-state index < -0.39 is 0 Å². The van der Waals surface area contributed by atoms with Crippen LogP contribution in [-0.2, 0) is 11.2 Å². The Kier molecular flexibility index (Phi) is 5.37. The van der Waals surface area contributed by atoms with Crippen LogP contribution in [0.4, 0.5) is 0 Å².